The van der Waals surface area contributed by atoms with E-state index in [9.17, 15) is 14.7 Å². The molecule has 7 nitrogen and oxygen atoms in total. The number of ether oxygens (including phenoxy) is 1. The molecule has 7 heteroatoms. The maximum atomic E-state index is 12.2. The van der Waals surface area contributed by atoms with Crippen LogP contribution < -0.4 is 10.5 Å². The predicted molar refractivity (Wildman–Crippen MR) is 80.3 cm³/mol. The molecule has 0 amide bonds. The third kappa shape index (κ3) is 2.07. The van der Waals surface area contributed by atoms with Gasteiger partial charge < -0.3 is 14.7 Å². The lowest BCUT2D eigenvalue weighted by Gasteiger charge is -2.51. The molecule has 3 rings (SSSR count). The van der Waals surface area contributed by atoms with Crippen LogP contribution >= 0.6 is 0 Å². The highest BCUT2D eigenvalue weighted by molar-refractivity contribution is 5.90. The molecule has 0 unspecified atom stereocenters. The van der Waals surface area contributed by atoms with Crippen molar-refractivity contribution in [2.24, 2.45) is 7.05 Å². The van der Waals surface area contributed by atoms with Gasteiger partial charge in [-0.1, -0.05) is 12.8 Å². The van der Waals surface area contributed by atoms with Gasteiger partial charge in [0.1, 0.15) is 0 Å². The van der Waals surface area contributed by atoms with Crippen LogP contribution in [0.4, 0.5) is 5.95 Å². The summed E-state index contributed by atoms with van der Waals surface area (Å²) in [7, 11) is 1.57. The van der Waals surface area contributed by atoms with Crippen LogP contribution in [0.3, 0.4) is 0 Å². The highest BCUT2D eigenvalue weighted by atomic mass is 16.5. The van der Waals surface area contributed by atoms with Gasteiger partial charge in [0.15, 0.2) is 5.69 Å². The monoisotopic (exact) mass is 307 g/mol. The van der Waals surface area contributed by atoms with Crippen molar-refractivity contribution in [3.63, 3.8) is 0 Å². The Kier molecular flexibility index (Phi) is 3.58. The average Bonchev–Trinajstić information content (AvgIpc) is 2.99. The van der Waals surface area contributed by atoms with E-state index < -0.39 is 17.3 Å². The first-order chi connectivity index (χ1) is 10.5. The summed E-state index contributed by atoms with van der Waals surface area (Å²) in [6.07, 6.45) is 5.59. The van der Waals surface area contributed by atoms with Crippen molar-refractivity contribution in [2.75, 3.05) is 18.1 Å². The maximum absolute atomic E-state index is 12.2. The van der Waals surface area contributed by atoms with Crippen molar-refractivity contribution in [3.05, 3.63) is 16.0 Å². The zero-order chi connectivity index (χ0) is 15.9. The Morgan fingerprint density at radius 1 is 1.36 bits per heavy atom. The van der Waals surface area contributed by atoms with Crippen LogP contribution in [0, 0.1) is 0 Å². The van der Waals surface area contributed by atoms with Gasteiger partial charge in [0.2, 0.25) is 11.7 Å². The summed E-state index contributed by atoms with van der Waals surface area (Å²) >= 11 is 0. The SMILES string of the molecule is CCOC(=O)c1nc(N2CCC23CCCC3)n(C)c(=O)c1O. The molecule has 1 N–H and O–H groups in total. The van der Waals surface area contributed by atoms with Crippen LogP contribution in [0.1, 0.15) is 49.5 Å². The van der Waals surface area contributed by atoms with Gasteiger partial charge in [-0.2, -0.15) is 0 Å². The van der Waals surface area contributed by atoms with Gasteiger partial charge in [0.25, 0.3) is 5.56 Å². The molecule has 22 heavy (non-hydrogen) atoms. The fourth-order valence-electron chi connectivity index (χ4n) is 3.57. The van der Waals surface area contributed by atoms with E-state index in [1.165, 1.54) is 17.4 Å². The minimum Gasteiger partial charge on any atom is -0.501 e. The Morgan fingerprint density at radius 3 is 2.59 bits per heavy atom. The Morgan fingerprint density at radius 2 is 2.05 bits per heavy atom. The van der Waals surface area contributed by atoms with E-state index in [4.69, 9.17) is 4.74 Å². The summed E-state index contributed by atoms with van der Waals surface area (Å²) in [5, 5.41) is 9.91. The number of rotatable bonds is 3. The van der Waals surface area contributed by atoms with Gasteiger partial charge in [-0.05, 0) is 26.2 Å². The topological polar surface area (TPSA) is 84.7 Å². The number of hydrogen-bond donors (Lipinski definition) is 1. The Bertz CT molecular complexity index is 661. The molecule has 1 aromatic rings. The van der Waals surface area contributed by atoms with Crippen LogP contribution in [0.2, 0.25) is 0 Å². The number of nitrogens with zero attached hydrogens (tertiary/aromatic N) is 3. The standard InChI is InChI=1S/C15H21N3O4/c1-3-22-13(21)10-11(19)12(20)17(2)14(16-10)18-9-8-15(18)6-4-5-7-15/h19H,3-9H2,1-2H3. The van der Waals surface area contributed by atoms with Crippen molar-refractivity contribution in [3.8, 4) is 5.75 Å². The zero-order valence-electron chi connectivity index (χ0n) is 13.0. The summed E-state index contributed by atoms with van der Waals surface area (Å²) < 4.78 is 6.20. The summed E-state index contributed by atoms with van der Waals surface area (Å²) in [4.78, 5) is 30.5. The van der Waals surface area contributed by atoms with Gasteiger partial charge in [0.05, 0.1) is 6.61 Å². The Labute approximate surface area is 128 Å². The average molecular weight is 307 g/mol. The number of carbonyl (C=O) groups excluding carboxylic acids is 1. The molecule has 1 aromatic heterocycles. The molecule has 0 aromatic carbocycles. The van der Waals surface area contributed by atoms with E-state index in [0.717, 1.165) is 25.8 Å². The lowest BCUT2D eigenvalue weighted by molar-refractivity contribution is 0.0514. The van der Waals surface area contributed by atoms with Crippen molar-refractivity contribution in [2.45, 2.75) is 44.6 Å². The second-order valence-electron chi connectivity index (χ2n) is 6.03. The summed E-state index contributed by atoms with van der Waals surface area (Å²) in [6.45, 7) is 2.64. The Balaban J connectivity index is 2.04. The number of esters is 1. The largest absolute Gasteiger partial charge is 0.501 e. The number of aromatic nitrogens is 2. The summed E-state index contributed by atoms with van der Waals surface area (Å²) in [5.41, 5.74) is -0.840. The van der Waals surface area contributed by atoms with E-state index in [0.29, 0.717) is 5.95 Å². The third-order valence-corrected chi connectivity index (χ3v) is 4.86. The number of carbonyl (C=O) groups is 1. The van der Waals surface area contributed by atoms with Crippen LogP contribution in [0.15, 0.2) is 4.79 Å². The van der Waals surface area contributed by atoms with Crippen molar-refractivity contribution < 1.29 is 14.6 Å². The smallest absolute Gasteiger partial charge is 0.361 e. The molecule has 2 fully saturated rings. The van der Waals surface area contributed by atoms with Crippen molar-refractivity contribution in [1.29, 1.82) is 0 Å². The van der Waals surface area contributed by atoms with Crippen LogP contribution in [-0.4, -0.2) is 39.3 Å². The highest BCUT2D eigenvalue weighted by Crippen LogP contribution is 2.46. The predicted octanol–water partition coefficient (Wildman–Crippen LogP) is 1.19. The first kappa shape index (κ1) is 14.9. The fourth-order valence-corrected chi connectivity index (χ4v) is 3.57. The Hall–Kier alpha value is -2.05. The molecule has 0 atom stereocenters. The molecule has 1 saturated heterocycles. The highest BCUT2D eigenvalue weighted by Gasteiger charge is 2.48. The van der Waals surface area contributed by atoms with Gasteiger partial charge in [-0.25, -0.2) is 9.78 Å². The molecule has 2 aliphatic rings. The zero-order valence-corrected chi connectivity index (χ0v) is 13.0. The third-order valence-electron chi connectivity index (χ3n) is 4.86. The minimum atomic E-state index is -0.764. The van der Waals surface area contributed by atoms with E-state index in [-0.39, 0.29) is 17.8 Å². The van der Waals surface area contributed by atoms with E-state index >= 15 is 0 Å². The number of aromatic hydroxyl groups is 1. The molecule has 0 radical (unpaired) electrons. The molecule has 1 spiro atoms. The first-order valence-electron chi connectivity index (χ1n) is 7.75. The fraction of sp³-hybridized carbons (Fsp3) is 0.667. The van der Waals surface area contributed by atoms with Gasteiger partial charge in [-0.15, -0.1) is 0 Å². The maximum Gasteiger partial charge on any atom is 0.361 e. The molecule has 1 aliphatic carbocycles. The van der Waals surface area contributed by atoms with Crippen LogP contribution in [0.25, 0.3) is 0 Å². The second-order valence-corrected chi connectivity index (χ2v) is 6.03. The normalized spacial score (nSPS) is 19.3. The van der Waals surface area contributed by atoms with Gasteiger partial charge >= 0.3 is 5.97 Å². The van der Waals surface area contributed by atoms with E-state index in [1.807, 2.05) is 0 Å². The molecule has 1 aliphatic heterocycles. The van der Waals surface area contributed by atoms with Crippen LogP contribution in [-0.2, 0) is 11.8 Å². The lowest BCUT2D eigenvalue weighted by atomic mass is 9.83. The van der Waals surface area contributed by atoms with Crippen molar-refractivity contribution in [1.82, 2.24) is 9.55 Å². The quantitative estimate of drug-likeness (QED) is 0.844. The first-order valence-corrected chi connectivity index (χ1v) is 7.75. The second kappa shape index (κ2) is 5.30. The van der Waals surface area contributed by atoms with E-state index in [2.05, 4.69) is 9.88 Å². The summed E-state index contributed by atoms with van der Waals surface area (Å²) in [6, 6.07) is 0. The van der Waals surface area contributed by atoms with E-state index in [1.54, 1.807) is 14.0 Å². The number of hydrogen-bond acceptors (Lipinski definition) is 6. The molecular weight excluding hydrogens is 286 g/mol. The van der Waals surface area contributed by atoms with Gasteiger partial charge in [-0.3, -0.25) is 9.36 Å². The molecular formula is C15H21N3O4. The van der Waals surface area contributed by atoms with Gasteiger partial charge in [0, 0.05) is 19.1 Å². The molecule has 120 valence electrons. The molecule has 2 heterocycles. The molecule has 1 saturated carbocycles. The lowest BCUT2D eigenvalue weighted by Crippen LogP contribution is -2.60. The summed E-state index contributed by atoms with van der Waals surface area (Å²) in [5.74, 6) is -0.968. The minimum absolute atomic E-state index is 0.0695. The molecule has 0 bridgehead atoms. The van der Waals surface area contributed by atoms with Crippen molar-refractivity contribution >= 4 is 11.9 Å². The number of anilines is 1. The van der Waals surface area contributed by atoms with Crippen LogP contribution in [0.5, 0.6) is 5.75 Å².